The summed E-state index contributed by atoms with van der Waals surface area (Å²) in [5, 5.41) is 0. The zero-order chi connectivity index (χ0) is 10.7. The summed E-state index contributed by atoms with van der Waals surface area (Å²) >= 11 is 0. The summed E-state index contributed by atoms with van der Waals surface area (Å²) in [7, 11) is 0. The lowest BCUT2D eigenvalue weighted by atomic mass is 9.80. The van der Waals surface area contributed by atoms with E-state index in [1.165, 1.54) is 38.9 Å². The molecule has 0 bridgehead atoms. The zero-order valence-corrected chi connectivity index (χ0v) is 9.87. The molecular formula is C12H24N2O. The third kappa shape index (κ3) is 2.92. The van der Waals surface area contributed by atoms with Gasteiger partial charge in [0.05, 0.1) is 6.61 Å². The maximum absolute atomic E-state index is 5.81. The van der Waals surface area contributed by atoms with Crippen LogP contribution in [0, 0.1) is 11.3 Å². The molecule has 0 aromatic heterocycles. The second-order valence-corrected chi connectivity index (χ2v) is 5.55. The highest BCUT2D eigenvalue weighted by atomic mass is 16.5. The quantitative estimate of drug-likeness (QED) is 0.761. The highest BCUT2D eigenvalue weighted by molar-refractivity contribution is 4.84. The van der Waals surface area contributed by atoms with Gasteiger partial charge in [0.1, 0.15) is 0 Å². The van der Waals surface area contributed by atoms with Crippen molar-refractivity contribution < 1.29 is 4.74 Å². The van der Waals surface area contributed by atoms with Crippen LogP contribution in [0.3, 0.4) is 0 Å². The maximum Gasteiger partial charge on any atom is 0.0507 e. The van der Waals surface area contributed by atoms with E-state index in [0.717, 1.165) is 25.7 Å². The number of hydrogen-bond donors (Lipinski definition) is 1. The van der Waals surface area contributed by atoms with Gasteiger partial charge in [-0.05, 0) is 50.2 Å². The number of ether oxygens (including phenoxy) is 1. The first-order valence-corrected chi connectivity index (χ1v) is 6.22. The molecule has 1 atom stereocenters. The fourth-order valence-electron chi connectivity index (χ4n) is 2.57. The van der Waals surface area contributed by atoms with Crippen LogP contribution < -0.4 is 5.73 Å². The molecule has 0 saturated carbocycles. The fraction of sp³-hybridized carbons (Fsp3) is 1.00. The predicted octanol–water partition coefficient (Wildman–Crippen LogP) is 1.08. The summed E-state index contributed by atoms with van der Waals surface area (Å²) in [5.41, 5.74) is 6.21. The number of hydrogen-bond acceptors (Lipinski definition) is 3. The molecule has 0 spiro atoms. The molecule has 3 nitrogen and oxygen atoms in total. The first-order valence-electron chi connectivity index (χ1n) is 6.22. The number of likely N-dealkylation sites (tertiary alicyclic amines) is 1. The van der Waals surface area contributed by atoms with Gasteiger partial charge in [-0.3, -0.25) is 0 Å². The van der Waals surface area contributed by atoms with Gasteiger partial charge in [-0.1, -0.05) is 6.92 Å². The molecule has 0 radical (unpaired) electrons. The minimum Gasteiger partial charge on any atom is -0.381 e. The maximum atomic E-state index is 5.81. The van der Waals surface area contributed by atoms with Crippen LogP contribution in [0.4, 0.5) is 0 Å². The molecule has 0 amide bonds. The van der Waals surface area contributed by atoms with Crippen molar-refractivity contribution >= 4 is 0 Å². The van der Waals surface area contributed by atoms with Gasteiger partial charge in [-0.15, -0.1) is 0 Å². The minimum absolute atomic E-state index is 0.405. The molecule has 2 heterocycles. The predicted molar refractivity (Wildman–Crippen MR) is 61.8 cm³/mol. The Kier molecular flexibility index (Phi) is 3.65. The molecule has 0 aromatic carbocycles. The van der Waals surface area contributed by atoms with Gasteiger partial charge in [0, 0.05) is 13.2 Å². The van der Waals surface area contributed by atoms with Gasteiger partial charge in [0.15, 0.2) is 0 Å². The van der Waals surface area contributed by atoms with Gasteiger partial charge < -0.3 is 15.4 Å². The van der Waals surface area contributed by atoms with Crippen LogP contribution in [0.15, 0.2) is 0 Å². The Bertz CT molecular complexity index is 194. The molecule has 2 saturated heterocycles. The summed E-state index contributed by atoms with van der Waals surface area (Å²) in [6.07, 6.45) is 3.78. The van der Waals surface area contributed by atoms with Crippen LogP contribution in [0.25, 0.3) is 0 Å². The molecule has 88 valence electrons. The average molecular weight is 212 g/mol. The number of piperidine rings is 1. The van der Waals surface area contributed by atoms with Crippen LogP contribution in [0.5, 0.6) is 0 Å². The van der Waals surface area contributed by atoms with E-state index < -0.39 is 0 Å². The van der Waals surface area contributed by atoms with Gasteiger partial charge >= 0.3 is 0 Å². The summed E-state index contributed by atoms with van der Waals surface area (Å²) in [6.45, 7) is 8.80. The Labute approximate surface area is 93.0 Å². The highest BCUT2D eigenvalue weighted by Gasteiger charge is 2.30. The first kappa shape index (κ1) is 11.4. The van der Waals surface area contributed by atoms with Crippen molar-refractivity contribution in [3.63, 3.8) is 0 Å². The third-order valence-corrected chi connectivity index (χ3v) is 4.10. The topological polar surface area (TPSA) is 38.5 Å². The second kappa shape index (κ2) is 4.81. The molecule has 15 heavy (non-hydrogen) atoms. The van der Waals surface area contributed by atoms with E-state index in [9.17, 15) is 0 Å². The Hall–Kier alpha value is -0.120. The molecule has 2 rings (SSSR count). The number of rotatable bonds is 3. The molecule has 2 aliphatic heterocycles. The van der Waals surface area contributed by atoms with Crippen LogP contribution in [0.2, 0.25) is 0 Å². The van der Waals surface area contributed by atoms with Crippen molar-refractivity contribution in [3.8, 4) is 0 Å². The molecule has 1 unspecified atom stereocenters. The van der Waals surface area contributed by atoms with E-state index in [0.29, 0.717) is 5.41 Å². The van der Waals surface area contributed by atoms with E-state index >= 15 is 0 Å². The molecule has 2 fully saturated rings. The summed E-state index contributed by atoms with van der Waals surface area (Å²) < 4.78 is 5.41. The lowest BCUT2D eigenvalue weighted by molar-refractivity contribution is 0.104. The Balaban J connectivity index is 1.73. The van der Waals surface area contributed by atoms with E-state index in [-0.39, 0.29) is 0 Å². The van der Waals surface area contributed by atoms with Crippen LogP contribution in [-0.4, -0.2) is 44.3 Å². The molecule has 0 aromatic rings. The summed E-state index contributed by atoms with van der Waals surface area (Å²) in [4.78, 5) is 2.59. The van der Waals surface area contributed by atoms with Gasteiger partial charge in [-0.2, -0.15) is 0 Å². The van der Waals surface area contributed by atoms with E-state index in [1.807, 2.05) is 0 Å². The van der Waals surface area contributed by atoms with Crippen LogP contribution >= 0.6 is 0 Å². The zero-order valence-electron chi connectivity index (χ0n) is 9.87. The van der Waals surface area contributed by atoms with Crippen molar-refractivity contribution in [2.75, 3.05) is 39.4 Å². The van der Waals surface area contributed by atoms with Gasteiger partial charge in [-0.25, -0.2) is 0 Å². The van der Waals surface area contributed by atoms with Gasteiger partial charge in [0.25, 0.3) is 0 Å². The molecule has 3 heteroatoms. The molecule has 2 N–H and O–H groups in total. The number of nitrogens with two attached hydrogens (primary N) is 1. The van der Waals surface area contributed by atoms with Gasteiger partial charge in [0.2, 0.25) is 0 Å². The monoisotopic (exact) mass is 212 g/mol. The summed E-state index contributed by atoms with van der Waals surface area (Å²) in [6, 6.07) is 0. The van der Waals surface area contributed by atoms with Crippen molar-refractivity contribution in [2.24, 2.45) is 17.1 Å². The first-order chi connectivity index (χ1) is 7.22. The third-order valence-electron chi connectivity index (χ3n) is 4.10. The highest BCUT2D eigenvalue weighted by Crippen LogP contribution is 2.30. The molecule has 2 aliphatic rings. The second-order valence-electron chi connectivity index (χ2n) is 5.55. The smallest absolute Gasteiger partial charge is 0.0507 e. The van der Waals surface area contributed by atoms with E-state index in [2.05, 4.69) is 11.8 Å². The van der Waals surface area contributed by atoms with Crippen molar-refractivity contribution in [1.82, 2.24) is 4.90 Å². The lowest BCUT2D eigenvalue weighted by Crippen LogP contribution is -2.43. The largest absolute Gasteiger partial charge is 0.381 e. The lowest BCUT2D eigenvalue weighted by Gasteiger charge is -2.39. The molecule has 0 aliphatic carbocycles. The van der Waals surface area contributed by atoms with Crippen LogP contribution in [0.1, 0.15) is 26.2 Å². The van der Waals surface area contributed by atoms with Crippen molar-refractivity contribution in [3.05, 3.63) is 0 Å². The average Bonchev–Trinajstić information content (AvgIpc) is 2.75. The van der Waals surface area contributed by atoms with Crippen molar-refractivity contribution in [1.29, 1.82) is 0 Å². The van der Waals surface area contributed by atoms with Crippen LogP contribution in [-0.2, 0) is 4.74 Å². The normalized spacial score (nSPS) is 32.0. The molecular weight excluding hydrogens is 188 g/mol. The Morgan fingerprint density at radius 2 is 2.13 bits per heavy atom. The van der Waals surface area contributed by atoms with E-state index in [1.54, 1.807) is 0 Å². The Morgan fingerprint density at radius 3 is 2.67 bits per heavy atom. The minimum atomic E-state index is 0.405. The van der Waals surface area contributed by atoms with E-state index in [4.69, 9.17) is 10.5 Å². The summed E-state index contributed by atoms with van der Waals surface area (Å²) in [5.74, 6) is 0.784. The Morgan fingerprint density at radius 1 is 1.40 bits per heavy atom. The SMILES string of the molecule is CC1(CN)CCN(CC2CCOC2)CC1. The standard InChI is InChI=1S/C12H24N2O/c1-12(10-13)3-5-14(6-4-12)8-11-2-7-15-9-11/h11H,2-10,13H2,1H3. The van der Waals surface area contributed by atoms with Crippen molar-refractivity contribution in [2.45, 2.75) is 26.2 Å². The number of nitrogens with zero attached hydrogens (tertiary/aromatic N) is 1. The fourth-order valence-corrected chi connectivity index (χ4v) is 2.57.